The normalized spacial score (nSPS) is 15.1. The minimum Gasteiger partial charge on any atom is -0.372 e. The first-order valence-electron chi connectivity index (χ1n) is 5.02. The molecule has 0 spiro atoms. The third kappa shape index (κ3) is 1.42. The van der Waals surface area contributed by atoms with Gasteiger partial charge in [-0.15, -0.1) is 0 Å². The third-order valence-corrected chi connectivity index (χ3v) is 2.92. The Kier molecular flexibility index (Phi) is 2.19. The van der Waals surface area contributed by atoms with E-state index in [4.69, 9.17) is 16.3 Å². The molecule has 0 amide bonds. The van der Waals surface area contributed by atoms with Crippen LogP contribution in [0.15, 0.2) is 23.0 Å². The van der Waals surface area contributed by atoms with Crippen molar-refractivity contribution in [1.29, 1.82) is 0 Å². The molecule has 1 aliphatic heterocycles. The van der Waals surface area contributed by atoms with Gasteiger partial charge < -0.3 is 4.74 Å². The maximum absolute atomic E-state index is 12.1. The van der Waals surface area contributed by atoms with Gasteiger partial charge >= 0.3 is 0 Å². The molecule has 3 rings (SSSR count). The lowest BCUT2D eigenvalue weighted by atomic mass is 10.2. The molecule has 0 aliphatic carbocycles. The summed E-state index contributed by atoms with van der Waals surface area (Å²) in [5.74, 6) is 0.686. The van der Waals surface area contributed by atoms with Crippen molar-refractivity contribution in [2.75, 3.05) is 6.61 Å². The first kappa shape index (κ1) is 9.81. The fourth-order valence-corrected chi connectivity index (χ4v) is 2.07. The van der Waals surface area contributed by atoms with Crippen molar-refractivity contribution in [2.45, 2.75) is 13.2 Å². The summed E-state index contributed by atoms with van der Waals surface area (Å²) in [6.07, 6.45) is 0. The maximum Gasteiger partial charge on any atom is 0.261 e. The molecule has 1 aliphatic rings. The molecule has 2 heterocycles. The topological polar surface area (TPSA) is 44.1 Å². The second kappa shape index (κ2) is 3.57. The number of hydrogen-bond donors (Lipinski definition) is 0. The predicted molar refractivity (Wildman–Crippen MR) is 60.7 cm³/mol. The van der Waals surface area contributed by atoms with Crippen molar-refractivity contribution < 1.29 is 4.74 Å². The van der Waals surface area contributed by atoms with E-state index < -0.39 is 0 Å². The van der Waals surface area contributed by atoms with E-state index >= 15 is 0 Å². The third-order valence-electron chi connectivity index (χ3n) is 2.69. The highest BCUT2D eigenvalue weighted by Gasteiger charge is 2.14. The largest absolute Gasteiger partial charge is 0.372 e. The zero-order chi connectivity index (χ0) is 11.1. The molecular weight excluding hydrogens is 228 g/mol. The number of benzene rings is 1. The number of fused-ring (bicyclic) bond motifs is 2. The van der Waals surface area contributed by atoms with Gasteiger partial charge in [-0.05, 0) is 18.2 Å². The Morgan fingerprint density at radius 1 is 1.44 bits per heavy atom. The monoisotopic (exact) mass is 236 g/mol. The highest BCUT2D eigenvalue weighted by molar-refractivity contribution is 6.31. The van der Waals surface area contributed by atoms with E-state index in [1.165, 1.54) is 0 Å². The Morgan fingerprint density at radius 3 is 3.19 bits per heavy atom. The lowest BCUT2D eigenvalue weighted by Crippen LogP contribution is -2.31. The van der Waals surface area contributed by atoms with E-state index in [2.05, 4.69) is 4.98 Å². The molecule has 0 bridgehead atoms. The molecule has 82 valence electrons. The van der Waals surface area contributed by atoms with Crippen LogP contribution in [-0.4, -0.2) is 16.2 Å². The van der Waals surface area contributed by atoms with Gasteiger partial charge in [0.15, 0.2) is 0 Å². The molecule has 0 unspecified atom stereocenters. The van der Waals surface area contributed by atoms with Crippen LogP contribution < -0.4 is 5.56 Å². The van der Waals surface area contributed by atoms with Crippen molar-refractivity contribution in [3.63, 3.8) is 0 Å². The van der Waals surface area contributed by atoms with Crippen LogP contribution in [0.3, 0.4) is 0 Å². The van der Waals surface area contributed by atoms with E-state index in [-0.39, 0.29) is 5.56 Å². The lowest BCUT2D eigenvalue weighted by Gasteiger charge is -2.18. The van der Waals surface area contributed by atoms with Crippen LogP contribution in [0.1, 0.15) is 5.82 Å². The summed E-state index contributed by atoms with van der Waals surface area (Å²) in [4.78, 5) is 16.5. The molecule has 0 saturated heterocycles. The summed E-state index contributed by atoms with van der Waals surface area (Å²) < 4.78 is 6.93. The van der Waals surface area contributed by atoms with E-state index in [0.717, 1.165) is 0 Å². The Labute approximate surface area is 96.4 Å². The van der Waals surface area contributed by atoms with Crippen LogP contribution in [0, 0.1) is 0 Å². The van der Waals surface area contributed by atoms with Crippen molar-refractivity contribution in [2.24, 2.45) is 0 Å². The summed E-state index contributed by atoms with van der Waals surface area (Å²) in [7, 11) is 0. The van der Waals surface area contributed by atoms with Gasteiger partial charge in [-0.1, -0.05) is 11.6 Å². The summed E-state index contributed by atoms with van der Waals surface area (Å²) in [5.41, 5.74) is 0.636. The van der Waals surface area contributed by atoms with Crippen LogP contribution in [-0.2, 0) is 17.9 Å². The molecule has 2 aromatic rings. The van der Waals surface area contributed by atoms with Crippen molar-refractivity contribution in [3.8, 4) is 0 Å². The number of halogens is 1. The molecular formula is C11H9ClN2O2. The van der Waals surface area contributed by atoms with Crippen LogP contribution in [0.2, 0.25) is 5.02 Å². The number of aromatic nitrogens is 2. The van der Waals surface area contributed by atoms with Crippen LogP contribution in [0.25, 0.3) is 10.9 Å². The molecule has 0 radical (unpaired) electrons. The van der Waals surface area contributed by atoms with E-state index in [1.807, 2.05) is 0 Å². The molecule has 5 heteroatoms. The molecule has 0 saturated carbocycles. The first-order chi connectivity index (χ1) is 7.75. The molecule has 1 aromatic carbocycles. The number of rotatable bonds is 0. The van der Waals surface area contributed by atoms with Gasteiger partial charge in [0.1, 0.15) is 12.4 Å². The molecule has 4 nitrogen and oxygen atoms in total. The highest BCUT2D eigenvalue weighted by Crippen LogP contribution is 2.16. The minimum absolute atomic E-state index is 0.0363. The zero-order valence-corrected chi connectivity index (χ0v) is 9.20. The average molecular weight is 237 g/mol. The Balaban J connectivity index is 2.40. The predicted octanol–water partition coefficient (Wildman–Crippen LogP) is 1.58. The van der Waals surface area contributed by atoms with Gasteiger partial charge in [-0.25, -0.2) is 4.98 Å². The second-order valence-electron chi connectivity index (χ2n) is 3.70. The van der Waals surface area contributed by atoms with E-state index in [1.54, 1.807) is 22.8 Å². The molecule has 1 aromatic heterocycles. The Bertz CT molecular complexity index is 621. The van der Waals surface area contributed by atoms with Gasteiger partial charge in [0.25, 0.3) is 5.56 Å². The van der Waals surface area contributed by atoms with Crippen molar-refractivity contribution in [3.05, 3.63) is 39.4 Å². The van der Waals surface area contributed by atoms with Crippen LogP contribution in [0.5, 0.6) is 0 Å². The van der Waals surface area contributed by atoms with Gasteiger partial charge in [-0.2, -0.15) is 0 Å². The number of hydrogen-bond acceptors (Lipinski definition) is 3. The SMILES string of the molecule is O=c1c2cc(Cl)ccc2nc2n1CCOC2. The summed E-state index contributed by atoms with van der Waals surface area (Å²) in [6.45, 7) is 1.51. The summed E-state index contributed by atoms with van der Waals surface area (Å²) >= 11 is 5.87. The lowest BCUT2D eigenvalue weighted by molar-refractivity contribution is 0.0788. The quantitative estimate of drug-likeness (QED) is 0.698. The van der Waals surface area contributed by atoms with E-state index in [0.29, 0.717) is 41.5 Å². The summed E-state index contributed by atoms with van der Waals surface area (Å²) in [5, 5.41) is 1.12. The standard InChI is InChI=1S/C11H9ClN2O2/c12-7-1-2-9-8(5-7)11(15)14-3-4-16-6-10(14)13-9/h1-2,5H,3-4,6H2. The van der Waals surface area contributed by atoms with Crippen molar-refractivity contribution in [1.82, 2.24) is 9.55 Å². The Morgan fingerprint density at radius 2 is 2.31 bits per heavy atom. The van der Waals surface area contributed by atoms with E-state index in [9.17, 15) is 4.79 Å². The second-order valence-corrected chi connectivity index (χ2v) is 4.14. The van der Waals surface area contributed by atoms with Crippen molar-refractivity contribution >= 4 is 22.5 Å². The Hall–Kier alpha value is -1.39. The van der Waals surface area contributed by atoms with Gasteiger partial charge in [0.2, 0.25) is 0 Å². The maximum atomic E-state index is 12.1. The fraction of sp³-hybridized carbons (Fsp3) is 0.273. The van der Waals surface area contributed by atoms with Gasteiger partial charge in [0, 0.05) is 5.02 Å². The molecule has 16 heavy (non-hydrogen) atoms. The average Bonchev–Trinajstić information content (AvgIpc) is 2.31. The van der Waals surface area contributed by atoms with Crippen LogP contribution >= 0.6 is 11.6 Å². The molecule has 0 fully saturated rings. The molecule has 0 atom stereocenters. The molecule has 0 N–H and O–H groups in total. The first-order valence-corrected chi connectivity index (χ1v) is 5.40. The van der Waals surface area contributed by atoms with Crippen LogP contribution in [0.4, 0.5) is 0 Å². The summed E-state index contributed by atoms with van der Waals surface area (Å²) in [6, 6.07) is 5.15. The smallest absolute Gasteiger partial charge is 0.261 e. The van der Waals surface area contributed by atoms with Gasteiger partial charge in [-0.3, -0.25) is 9.36 Å². The number of ether oxygens (including phenoxy) is 1. The zero-order valence-electron chi connectivity index (χ0n) is 8.44. The minimum atomic E-state index is -0.0363. The van der Waals surface area contributed by atoms with Gasteiger partial charge in [0.05, 0.1) is 24.1 Å². The number of nitrogens with zero attached hydrogens (tertiary/aromatic N) is 2. The highest BCUT2D eigenvalue weighted by atomic mass is 35.5. The fourth-order valence-electron chi connectivity index (χ4n) is 1.90.